The van der Waals surface area contributed by atoms with Crippen LogP contribution in [0.25, 0.3) is 0 Å². The Morgan fingerprint density at radius 3 is 1.95 bits per heavy atom. The fourth-order valence-electron chi connectivity index (χ4n) is 3.29. The average molecular weight is 302 g/mol. The van der Waals surface area contributed by atoms with Gasteiger partial charge in [-0.15, -0.1) is 0 Å². The van der Waals surface area contributed by atoms with E-state index < -0.39 is 24.4 Å². The van der Waals surface area contributed by atoms with E-state index in [1.165, 1.54) is 0 Å². The second-order valence-electron chi connectivity index (χ2n) is 5.79. The first-order valence-corrected chi connectivity index (χ1v) is 6.59. The molecule has 0 saturated heterocycles. The highest BCUT2D eigenvalue weighted by molar-refractivity contribution is 5.10. The summed E-state index contributed by atoms with van der Waals surface area (Å²) in [7, 11) is 0. The fourth-order valence-corrected chi connectivity index (χ4v) is 3.29. The molecule has 2 aliphatic rings. The zero-order valence-electron chi connectivity index (χ0n) is 10.6. The van der Waals surface area contributed by atoms with Crippen LogP contribution in [0.2, 0.25) is 0 Å². The third-order valence-corrected chi connectivity index (χ3v) is 4.47. The van der Waals surface area contributed by atoms with Crippen molar-refractivity contribution in [2.24, 2.45) is 17.8 Å². The normalized spacial score (nSPS) is 30.2. The van der Waals surface area contributed by atoms with Gasteiger partial charge in [-0.25, -0.2) is 0 Å². The second-order valence-corrected chi connectivity index (χ2v) is 5.79. The molecule has 1 fully saturated rings. The number of rotatable bonds is 4. The molecule has 1 N–H and O–H groups in total. The standard InChI is InChI=1S/C13H16F6O/c14-12(15,16)11(20,13(17,18)19)5-1-2-9-6-8-3-4-10(9)7-8/h3-4,8-10,20H,1-2,5-7H2/t8?,9?,10-/m1/s1. The molecule has 1 saturated carbocycles. The molecular formula is C13H16F6O. The number of aliphatic hydroxyl groups is 1. The maximum Gasteiger partial charge on any atom is 0.426 e. The van der Waals surface area contributed by atoms with Crippen molar-refractivity contribution in [1.82, 2.24) is 0 Å². The highest BCUT2D eigenvalue weighted by Gasteiger charge is 2.69. The first-order valence-electron chi connectivity index (χ1n) is 6.59. The second kappa shape index (κ2) is 4.93. The topological polar surface area (TPSA) is 20.2 Å². The van der Waals surface area contributed by atoms with Crippen LogP contribution in [0.15, 0.2) is 12.2 Å². The number of hydrogen-bond donors (Lipinski definition) is 1. The molecule has 0 aromatic rings. The van der Waals surface area contributed by atoms with Gasteiger partial charge >= 0.3 is 12.4 Å². The Morgan fingerprint density at radius 1 is 0.950 bits per heavy atom. The maximum absolute atomic E-state index is 12.5. The van der Waals surface area contributed by atoms with Crippen LogP contribution in [0.5, 0.6) is 0 Å². The number of halogens is 6. The third-order valence-electron chi connectivity index (χ3n) is 4.47. The van der Waals surface area contributed by atoms with Crippen LogP contribution in [0.4, 0.5) is 26.3 Å². The van der Waals surface area contributed by atoms with Crippen molar-refractivity contribution in [3.05, 3.63) is 12.2 Å². The van der Waals surface area contributed by atoms with Crippen LogP contribution in [0.3, 0.4) is 0 Å². The summed E-state index contributed by atoms with van der Waals surface area (Å²) < 4.78 is 74.8. The summed E-state index contributed by atoms with van der Waals surface area (Å²) in [6.45, 7) is 0. The zero-order valence-corrected chi connectivity index (χ0v) is 10.6. The largest absolute Gasteiger partial charge is 0.426 e. The molecule has 0 aliphatic heterocycles. The van der Waals surface area contributed by atoms with E-state index in [2.05, 4.69) is 6.08 Å². The van der Waals surface area contributed by atoms with Crippen molar-refractivity contribution in [1.29, 1.82) is 0 Å². The van der Waals surface area contributed by atoms with Gasteiger partial charge in [-0.05, 0) is 49.9 Å². The van der Waals surface area contributed by atoms with Gasteiger partial charge in [-0.3, -0.25) is 0 Å². The van der Waals surface area contributed by atoms with E-state index in [4.69, 9.17) is 5.11 Å². The molecule has 116 valence electrons. The van der Waals surface area contributed by atoms with E-state index in [9.17, 15) is 26.3 Å². The van der Waals surface area contributed by atoms with E-state index in [0.717, 1.165) is 12.8 Å². The third kappa shape index (κ3) is 2.69. The van der Waals surface area contributed by atoms with Crippen molar-refractivity contribution in [3.8, 4) is 0 Å². The molecule has 2 aliphatic carbocycles. The summed E-state index contributed by atoms with van der Waals surface area (Å²) in [6.07, 6.45) is -6.86. The molecule has 0 spiro atoms. The quantitative estimate of drug-likeness (QED) is 0.609. The SMILES string of the molecule is OC(CCCC1CC2C=C[C@@H]1C2)(C(F)(F)F)C(F)(F)F. The molecule has 3 atom stereocenters. The number of fused-ring (bicyclic) bond motifs is 2. The van der Waals surface area contributed by atoms with Gasteiger partial charge in [0.2, 0.25) is 0 Å². The van der Waals surface area contributed by atoms with E-state index in [1.807, 2.05) is 6.08 Å². The molecule has 0 radical (unpaired) electrons. The average Bonchev–Trinajstić information content (AvgIpc) is 2.87. The van der Waals surface area contributed by atoms with Crippen molar-refractivity contribution >= 4 is 0 Å². The first-order chi connectivity index (χ1) is 9.04. The highest BCUT2D eigenvalue weighted by Crippen LogP contribution is 2.48. The van der Waals surface area contributed by atoms with Crippen LogP contribution < -0.4 is 0 Å². The Bertz CT molecular complexity index is 369. The van der Waals surface area contributed by atoms with Crippen molar-refractivity contribution in [3.63, 3.8) is 0 Å². The molecule has 7 heteroatoms. The first kappa shape index (κ1) is 15.7. The lowest BCUT2D eigenvalue weighted by atomic mass is 9.86. The Morgan fingerprint density at radius 2 is 1.55 bits per heavy atom. The summed E-state index contributed by atoms with van der Waals surface area (Å²) >= 11 is 0. The Kier molecular flexibility index (Phi) is 3.86. The molecule has 20 heavy (non-hydrogen) atoms. The summed E-state index contributed by atoms with van der Waals surface area (Å²) in [4.78, 5) is 0. The molecule has 0 aromatic carbocycles. The number of hydrogen-bond acceptors (Lipinski definition) is 1. The highest BCUT2D eigenvalue weighted by atomic mass is 19.4. The van der Waals surface area contributed by atoms with Crippen LogP contribution >= 0.6 is 0 Å². The summed E-state index contributed by atoms with van der Waals surface area (Å²) in [6, 6.07) is 0. The molecular weight excluding hydrogens is 286 g/mol. The van der Waals surface area contributed by atoms with Gasteiger partial charge in [0, 0.05) is 0 Å². The van der Waals surface area contributed by atoms with Gasteiger partial charge < -0.3 is 5.11 Å². The van der Waals surface area contributed by atoms with Gasteiger partial charge in [0.05, 0.1) is 0 Å². The fraction of sp³-hybridized carbons (Fsp3) is 0.846. The van der Waals surface area contributed by atoms with Gasteiger partial charge in [0.25, 0.3) is 5.60 Å². The summed E-state index contributed by atoms with van der Waals surface area (Å²) in [5.41, 5.74) is -4.59. The Balaban J connectivity index is 1.92. The smallest absolute Gasteiger partial charge is 0.374 e. The Labute approximate surface area is 112 Å². The van der Waals surface area contributed by atoms with Crippen LogP contribution in [0, 0.1) is 17.8 Å². The molecule has 0 aromatic heterocycles. The molecule has 2 rings (SSSR count). The summed E-state index contributed by atoms with van der Waals surface area (Å²) in [5.74, 6) is 0.856. The number of alkyl halides is 6. The van der Waals surface area contributed by atoms with Gasteiger partial charge in [-0.2, -0.15) is 26.3 Å². The molecule has 0 amide bonds. The minimum Gasteiger partial charge on any atom is -0.374 e. The van der Waals surface area contributed by atoms with Gasteiger partial charge in [-0.1, -0.05) is 12.2 Å². The van der Waals surface area contributed by atoms with E-state index >= 15 is 0 Å². The Hall–Kier alpha value is -0.720. The van der Waals surface area contributed by atoms with Crippen molar-refractivity contribution in [2.45, 2.75) is 50.1 Å². The maximum atomic E-state index is 12.5. The van der Waals surface area contributed by atoms with Crippen LogP contribution in [0.1, 0.15) is 32.1 Å². The lowest BCUT2D eigenvalue weighted by Gasteiger charge is -2.32. The molecule has 0 heterocycles. The molecule has 1 nitrogen and oxygen atoms in total. The lowest BCUT2D eigenvalue weighted by Crippen LogP contribution is -2.56. The zero-order chi connectivity index (χ0) is 15.2. The van der Waals surface area contributed by atoms with Gasteiger partial charge in [0.1, 0.15) is 0 Å². The van der Waals surface area contributed by atoms with Crippen molar-refractivity contribution < 1.29 is 31.4 Å². The van der Waals surface area contributed by atoms with Crippen LogP contribution in [-0.2, 0) is 0 Å². The monoisotopic (exact) mass is 302 g/mol. The number of allylic oxidation sites excluding steroid dienone is 2. The van der Waals surface area contributed by atoms with Gasteiger partial charge in [0.15, 0.2) is 0 Å². The lowest BCUT2D eigenvalue weighted by molar-refractivity contribution is -0.370. The molecule has 2 unspecified atom stereocenters. The minimum atomic E-state index is -5.69. The van der Waals surface area contributed by atoms with Crippen LogP contribution in [-0.4, -0.2) is 23.1 Å². The van der Waals surface area contributed by atoms with E-state index in [1.54, 1.807) is 0 Å². The predicted octanol–water partition coefficient (Wildman–Crippen LogP) is 4.22. The van der Waals surface area contributed by atoms with E-state index in [0.29, 0.717) is 12.3 Å². The molecule has 2 bridgehead atoms. The van der Waals surface area contributed by atoms with E-state index in [-0.39, 0.29) is 18.3 Å². The minimum absolute atomic E-state index is 0.149. The van der Waals surface area contributed by atoms with Crippen molar-refractivity contribution in [2.75, 3.05) is 0 Å². The summed E-state index contributed by atoms with van der Waals surface area (Å²) in [5, 5.41) is 9.03. The predicted molar refractivity (Wildman–Crippen MR) is 59.8 cm³/mol.